The maximum Gasteiger partial charge on any atom is 0.224 e. The summed E-state index contributed by atoms with van der Waals surface area (Å²) in [7, 11) is 0. The number of carbonyl (C=O) groups is 1. The van der Waals surface area contributed by atoms with Crippen molar-refractivity contribution in [3.05, 3.63) is 69.9 Å². The van der Waals surface area contributed by atoms with Crippen molar-refractivity contribution in [2.24, 2.45) is 5.92 Å². The van der Waals surface area contributed by atoms with Crippen LogP contribution in [0.2, 0.25) is 0 Å². The lowest BCUT2D eigenvalue weighted by Crippen LogP contribution is -2.36. The minimum Gasteiger partial charge on any atom is -0.346 e. The van der Waals surface area contributed by atoms with Gasteiger partial charge in [0.15, 0.2) is 0 Å². The molecule has 0 spiro atoms. The van der Waals surface area contributed by atoms with Gasteiger partial charge in [-0.3, -0.25) is 4.79 Å². The third kappa shape index (κ3) is 2.80. The van der Waals surface area contributed by atoms with E-state index in [1.54, 1.807) is 12.1 Å². The Bertz CT molecular complexity index is 754. The van der Waals surface area contributed by atoms with Crippen molar-refractivity contribution in [3.8, 4) is 0 Å². The lowest BCUT2D eigenvalue weighted by molar-refractivity contribution is -0.123. The molecule has 2 aliphatic rings. The zero-order valence-corrected chi connectivity index (χ0v) is 14.1. The van der Waals surface area contributed by atoms with E-state index in [-0.39, 0.29) is 29.1 Å². The highest BCUT2D eigenvalue weighted by Crippen LogP contribution is 2.51. The van der Waals surface area contributed by atoms with Crippen LogP contribution < -0.4 is 5.32 Å². The minimum atomic E-state index is -0.208. The molecule has 4 heteroatoms. The number of hydrogen-bond acceptors (Lipinski definition) is 1. The van der Waals surface area contributed by atoms with E-state index in [2.05, 4.69) is 33.4 Å². The Kier molecular flexibility index (Phi) is 3.52. The van der Waals surface area contributed by atoms with Crippen molar-refractivity contribution in [1.29, 1.82) is 0 Å². The Morgan fingerprint density at radius 1 is 1.13 bits per heavy atom. The second-order valence-electron chi connectivity index (χ2n) is 6.55. The molecule has 0 saturated heterocycles. The largest absolute Gasteiger partial charge is 0.346 e. The van der Waals surface area contributed by atoms with Crippen molar-refractivity contribution < 1.29 is 9.18 Å². The van der Waals surface area contributed by atoms with Crippen molar-refractivity contribution in [2.75, 3.05) is 0 Å². The fraction of sp³-hybridized carbons (Fsp3) is 0.316. The number of halogens is 2. The second kappa shape index (κ2) is 5.45. The molecule has 2 aromatic rings. The van der Waals surface area contributed by atoms with Crippen LogP contribution in [0.4, 0.5) is 4.39 Å². The highest BCUT2D eigenvalue weighted by molar-refractivity contribution is 9.10. The van der Waals surface area contributed by atoms with E-state index in [0.29, 0.717) is 5.56 Å². The number of rotatable bonds is 4. The number of carbonyl (C=O) groups excluding carboxylic acids is 1. The third-order valence-electron chi connectivity index (χ3n) is 4.94. The summed E-state index contributed by atoms with van der Waals surface area (Å²) >= 11 is 3.43. The fourth-order valence-corrected chi connectivity index (χ4v) is 3.58. The topological polar surface area (TPSA) is 29.1 Å². The predicted octanol–water partition coefficient (Wildman–Crippen LogP) is 4.50. The summed E-state index contributed by atoms with van der Waals surface area (Å²) in [5, 5.41) is 3.21. The lowest BCUT2D eigenvalue weighted by atomic mass is 10.0. The summed E-state index contributed by atoms with van der Waals surface area (Å²) in [4.78, 5) is 12.6. The molecule has 0 radical (unpaired) electrons. The Labute approximate surface area is 143 Å². The fourth-order valence-electron chi connectivity index (χ4n) is 3.31. The van der Waals surface area contributed by atoms with Crippen LogP contribution in [-0.2, 0) is 10.3 Å². The second-order valence-corrected chi connectivity index (χ2v) is 7.46. The summed E-state index contributed by atoms with van der Waals surface area (Å²) < 4.78 is 14.9. The van der Waals surface area contributed by atoms with Gasteiger partial charge in [-0.05, 0) is 54.5 Å². The van der Waals surface area contributed by atoms with E-state index >= 15 is 0 Å². The van der Waals surface area contributed by atoms with E-state index in [9.17, 15) is 9.18 Å². The maximum absolute atomic E-state index is 13.8. The van der Waals surface area contributed by atoms with Gasteiger partial charge in [-0.1, -0.05) is 46.3 Å². The molecule has 1 amide bonds. The highest BCUT2D eigenvalue weighted by atomic mass is 79.9. The van der Waals surface area contributed by atoms with Crippen molar-refractivity contribution in [3.63, 3.8) is 0 Å². The van der Waals surface area contributed by atoms with E-state index in [0.717, 1.165) is 29.3 Å². The molecule has 23 heavy (non-hydrogen) atoms. The molecule has 0 aliphatic heterocycles. The van der Waals surface area contributed by atoms with Crippen LogP contribution in [-0.4, -0.2) is 5.91 Å². The smallest absolute Gasteiger partial charge is 0.224 e. The molecule has 118 valence electrons. The van der Waals surface area contributed by atoms with Gasteiger partial charge in [0.2, 0.25) is 5.91 Å². The van der Waals surface area contributed by atoms with E-state index < -0.39 is 0 Å². The third-order valence-corrected chi connectivity index (χ3v) is 5.47. The highest BCUT2D eigenvalue weighted by Gasteiger charge is 2.51. The van der Waals surface area contributed by atoms with Gasteiger partial charge in [0.05, 0.1) is 5.54 Å². The molecule has 2 fully saturated rings. The predicted molar refractivity (Wildman–Crippen MR) is 90.4 cm³/mol. The SMILES string of the molecule is O=C(NC1(c2ccc(Br)cc2)CC1)[C@@H]1C[C@H]1c1ccccc1F. The number of benzene rings is 2. The monoisotopic (exact) mass is 373 g/mol. The van der Waals surface area contributed by atoms with Crippen LogP contribution in [0.1, 0.15) is 36.3 Å². The summed E-state index contributed by atoms with van der Waals surface area (Å²) in [6.45, 7) is 0. The van der Waals surface area contributed by atoms with Crippen LogP contribution in [0.3, 0.4) is 0 Å². The Morgan fingerprint density at radius 2 is 1.83 bits per heavy atom. The van der Waals surface area contributed by atoms with Crippen LogP contribution in [0.25, 0.3) is 0 Å². The Hall–Kier alpha value is -1.68. The standard InChI is InChI=1S/C19H17BrFNO/c20-13-7-5-12(6-8-13)19(9-10-19)22-18(23)16-11-15(16)14-3-1-2-4-17(14)21/h1-8,15-16H,9-11H2,(H,22,23)/t15-,16+/m0/s1. The average Bonchev–Trinajstić information content (AvgIpc) is 3.43. The molecule has 0 aromatic heterocycles. The molecule has 0 unspecified atom stereocenters. The molecule has 2 aromatic carbocycles. The molecule has 0 bridgehead atoms. The summed E-state index contributed by atoms with van der Waals surface area (Å²) in [5.74, 6) is -0.225. The minimum absolute atomic E-state index is 0.0249. The van der Waals surface area contributed by atoms with Crippen molar-refractivity contribution >= 4 is 21.8 Å². The van der Waals surface area contributed by atoms with Crippen LogP contribution in [0.15, 0.2) is 53.0 Å². The molecule has 1 N–H and O–H groups in total. The molecule has 2 saturated carbocycles. The molecule has 2 atom stereocenters. The molecular weight excluding hydrogens is 357 g/mol. The van der Waals surface area contributed by atoms with Crippen LogP contribution in [0.5, 0.6) is 0 Å². The number of hydrogen-bond donors (Lipinski definition) is 1. The summed E-state index contributed by atoms with van der Waals surface area (Å²) in [5.41, 5.74) is 1.61. The maximum atomic E-state index is 13.8. The van der Waals surface area contributed by atoms with Gasteiger partial charge in [-0.15, -0.1) is 0 Å². The molecule has 2 aliphatic carbocycles. The Morgan fingerprint density at radius 3 is 2.48 bits per heavy atom. The van der Waals surface area contributed by atoms with E-state index in [1.807, 2.05) is 18.2 Å². The zero-order valence-electron chi connectivity index (χ0n) is 12.6. The average molecular weight is 374 g/mol. The van der Waals surface area contributed by atoms with Gasteiger partial charge >= 0.3 is 0 Å². The normalized spacial score (nSPS) is 24.1. The molecule has 0 heterocycles. The zero-order chi connectivity index (χ0) is 16.0. The molecule has 4 rings (SSSR count). The van der Waals surface area contributed by atoms with Gasteiger partial charge in [0, 0.05) is 10.4 Å². The van der Waals surface area contributed by atoms with Crippen molar-refractivity contribution in [2.45, 2.75) is 30.7 Å². The van der Waals surface area contributed by atoms with Gasteiger partial charge in [0.25, 0.3) is 0 Å². The van der Waals surface area contributed by atoms with Crippen molar-refractivity contribution in [1.82, 2.24) is 5.32 Å². The summed E-state index contributed by atoms with van der Waals surface area (Å²) in [6, 6.07) is 14.9. The first-order valence-electron chi connectivity index (χ1n) is 7.92. The first kappa shape index (κ1) is 14.9. The first-order chi connectivity index (χ1) is 11.1. The van der Waals surface area contributed by atoms with Crippen LogP contribution >= 0.6 is 15.9 Å². The molecular formula is C19H17BrFNO. The first-order valence-corrected chi connectivity index (χ1v) is 8.71. The number of nitrogens with one attached hydrogen (secondary N) is 1. The quantitative estimate of drug-likeness (QED) is 0.839. The molecule has 2 nitrogen and oxygen atoms in total. The van der Waals surface area contributed by atoms with Crippen LogP contribution in [0, 0.1) is 11.7 Å². The van der Waals surface area contributed by atoms with Gasteiger partial charge in [-0.25, -0.2) is 4.39 Å². The number of amides is 1. The summed E-state index contributed by atoms with van der Waals surface area (Å²) in [6.07, 6.45) is 2.68. The van der Waals surface area contributed by atoms with E-state index in [1.165, 1.54) is 6.07 Å². The van der Waals surface area contributed by atoms with Gasteiger partial charge < -0.3 is 5.32 Å². The van der Waals surface area contributed by atoms with E-state index in [4.69, 9.17) is 0 Å². The lowest BCUT2D eigenvalue weighted by Gasteiger charge is -2.18. The Balaban J connectivity index is 1.45. The van der Waals surface area contributed by atoms with Gasteiger partial charge in [-0.2, -0.15) is 0 Å². The van der Waals surface area contributed by atoms with Gasteiger partial charge in [0.1, 0.15) is 5.82 Å².